The molecule has 0 fully saturated rings. The summed E-state index contributed by atoms with van der Waals surface area (Å²) in [5, 5.41) is 5.52. The van der Waals surface area contributed by atoms with Crippen LogP contribution >= 0.6 is 0 Å². The molecule has 0 aromatic heterocycles. The number of carbonyl (C=O) groups excluding carboxylic acids is 3. The summed E-state index contributed by atoms with van der Waals surface area (Å²) >= 11 is 0. The molecule has 2 N–H and O–H groups in total. The molecule has 2 aliphatic heterocycles. The van der Waals surface area contributed by atoms with Gasteiger partial charge < -0.3 is 24.8 Å². The van der Waals surface area contributed by atoms with Crippen molar-refractivity contribution >= 4 is 29.2 Å². The average molecular weight is 598 g/mol. The Morgan fingerprint density at radius 2 is 1.68 bits per heavy atom. The summed E-state index contributed by atoms with van der Waals surface area (Å²) in [5.74, 6) is 0.0274. The fraction of sp³-hybridized carbons (Fsp3) is 0.371. The second-order valence-electron chi connectivity index (χ2n) is 12.2. The third kappa shape index (κ3) is 6.46. The van der Waals surface area contributed by atoms with Crippen molar-refractivity contribution in [2.24, 2.45) is 4.99 Å². The summed E-state index contributed by atoms with van der Waals surface area (Å²) < 4.78 is 17.4. The van der Waals surface area contributed by atoms with E-state index in [2.05, 4.69) is 44.4 Å². The average Bonchev–Trinajstić information content (AvgIpc) is 3.30. The van der Waals surface area contributed by atoms with Gasteiger partial charge in [0.15, 0.2) is 11.5 Å². The van der Waals surface area contributed by atoms with Crippen LogP contribution in [-0.2, 0) is 22.4 Å². The summed E-state index contributed by atoms with van der Waals surface area (Å²) in [6.07, 6.45) is 1.39. The van der Waals surface area contributed by atoms with Gasteiger partial charge in [0.05, 0.1) is 35.7 Å². The molecule has 0 spiro atoms. The second kappa shape index (κ2) is 12.1. The van der Waals surface area contributed by atoms with Crippen molar-refractivity contribution < 1.29 is 28.6 Å². The van der Waals surface area contributed by atoms with E-state index >= 15 is 0 Å². The van der Waals surface area contributed by atoms with Crippen LogP contribution in [0.4, 0.5) is 5.69 Å². The standard InChI is InChI=1S/C35H39N3O6/c1-7-42-27-17-23-18-34(3,4)38-30(29(23)25-19-35(5,6)44-31(25)27)22-14-15-24(33(41)36-20-28(39)43-8-2)26(16-22)37-32(40)21-12-10-9-11-13-21/h9-17H,7-8,18-20H2,1-6H3,(H,36,41)(H,37,40). The second-order valence-corrected chi connectivity index (χ2v) is 12.2. The Hall–Kier alpha value is -4.66. The maximum atomic E-state index is 13.3. The fourth-order valence-electron chi connectivity index (χ4n) is 5.78. The van der Waals surface area contributed by atoms with Crippen LogP contribution in [0.2, 0.25) is 0 Å². The molecule has 0 aliphatic carbocycles. The van der Waals surface area contributed by atoms with Crippen molar-refractivity contribution in [2.75, 3.05) is 25.1 Å². The molecular formula is C35H39N3O6. The fourth-order valence-corrected chi connectivity index (χ4v) is 5.78. The molecule has 0 unspecified atom stereocenters. The minimum Gasteiger partial charge on any atom is -0.490 e. The lowest BCUT2D eigenvalue weighted by atomic mass is 9.80. The zero-order chi connectivity index (χ0) is 31.6. The predicted octanol–water partition coefficient (Wildman–Crippen LogP) is 5.52. The molecule has 3 aromatic rings. The highest BCUT2D eigenvalue weighted by Gasteiger charge is 2.40. The van der Waals surface area contributed by atoms with Gasteiger partial charge in [-0.25, -0.2) is 0 Å². The normalized spacial score (nSPS) is 15.6. The summed E-state index contributed by atoms with van der Waals surface area (Å²) in [6.45, 7) is 12.4. The van der Waals surface area contributed by atoms with Gasteiger partial charge in [-0.05, 0) is 83.9 Å². The van der Waals surface area contributed by atoms with Gasteiger partial charge in [-0.2, -0.15) is 0 Å². The molecule has 0 bridgehead atoms. The van der Waals surface area contributed by atoms with Crippen LogP contribution in [0.3, 0.4) is 0 Å². The number of aliphatic imine (C=N–C) groups is 1. The largest absolute Gasteiger partial charge is 0.490 e. The molecule has 5 rings (SSSR count). The first-order valence-electron chi connectivity index (χ1n) is 15.0. The Labute approximate surface area is 258 Å². The number of esters is 1. The molecule has 2 heterocycles. The van der Waals surface area contributed by atoms with Crippen molar-refractivity contribution in [1.82, 2.24) is 5.32 Å². The van der Waals surface area contributed by atoms with E-state index in [4.69, 9.17) is 19.2 Å². The highest BCUT2D eigenvalue weighted by Crippen LogP contribution is 2.48. The van der Waals surface area contributed by atoms with Gasteiger partial charge in [-0.3, -0.25) is 19.4 Å². The molecule has 230 valence electrons. The van der Waals surface area contributed by atoms with Crippen molar-refractivity contribution in [3.05, 3.63) is 88.0 Å². The first-order chi connectivity index (χ1) is 20.9. The quantitative estimate of drug-likeness (QED) is 0.314. The molecular weight excluding hydrogens is 558 g/mol. The van der Waals surface area contributed by atoms with Crippen LogP contribution < -0.4 is 20.1 Å². The van der Waals surface area contributed by atoms with Gasteiger partial charge in [-0.1, -0.05) is 24.3 Å². The number of nitrogens with zero attached hydrogens (tertiary/aromatic N) is 1. The lowest BCUT2D eigenvalue weighted by molar-refractivity contribution is -0.141. The van der Waals surface area contributed by atoms with Gasteiger partial charge in [-0.15, -0.1) is 0 Å². The number of benzene rings is 3. The molecule has 44 heavy (non-hydrogen) atoms. The Kier molecular flexibility index (Phi) is 8.50. The first-order valence-corrected chi connectivity index (χ1v) is 15.0. The summed E-state index contributed by atoms with van der Waals surface area (Å²) in [5.41, 5.74) is 4.74. The van der Waals surface area contributed by atoms with Crippen LogP contribution in [0.1, 0.15) is 84.5 Å². The van der Waals surface area contributed by atoms with E-state index in [1.165, 1.54) is 0 Å². The lowest BCUT2D eigenvalue weighted by Crippen LogP contribution is -2.32. The number of fused-ring (bicyclic) bond motifs is 3. The van der Waals surface area contributed by atoms with Gasteiger partial charge in [0.25, 0.3) is 11.8 Å². The first kappa shape index (κ1) is 30.8. The minimum absolute atomic E-state index is 0.208. The molecule has 3 aromatic carbocycles. The Bertz CT molecular complexity index is 1640. The number of rotatable bonds is 9. The van der Waals surface area contributed by atoms with E-state index in [9.17, 15) is 14.4 Å². The van der Waals surface area contributed by atoms with E-state index in [0.717, 1.165) is 39.5 Å². The van der Waals surface area contributed by atoms with E-state index in [1.54, 1.807) is 43.3 Å². The Morgan fingerprint density at radius 1 is 0.932 bits per heavy atom. The minimum atomic E-state index is -0.548. The maximum absolute atomic E-state index is 13.3. The summed E-state index contributed by atoms with van der Waals surface area (Å²) in [7, 11) is 0. The topological polar surface area (TPSA) is 115 Å². The molecule has 9 nitrogen and oxygen atoms in total. The highest BCUT2D eigenvalue weighted by molar-refractivity contribution is 6.18. The van der Waals surface area contributed by atoms with Crippen molar-refractivity contribution in [3.63, 3.8) is 0 Å². The van der Waals surface area contributed by atoms with Crippen molar-refractivity contribution in [1.29, 1.82) is 0 Å². The third-order valence-electron chi connectivity index (χ3n) is 7.50. The summed E-state index contributed by atoms with van der Waals surface area (Å²) in [6, 6.07) is 16.1. The monoisotopic (exact) mass is 597 g/mol. The number of nitrogens with one attached hydrogen (secondary N) is 2. The van der Waals surface area contributed by atoms with Crippen molar-refractivity contribution in [2.45, 2.75) is 65.5 Å². The van der Waals surface area contributed by atoms with Crippen LogP contribution in [0.5, 0.6) is 11.5 Å². The molecule has 0 atom stereocenters. The molecule has 0 radical (unpaired) electrons. The third-order valence-corrected chi connectivity index (χ3v) is 7.50. The van der Waals surface area contributed by atoms with Gasteiger partial charge in [0, 0.05) is 28.7 Å². The summed E-state index contributed by atoms with van der Waals surface area (Å²) in [4.78, 5) is 43.7. The van der Waals surface area contributed by atoms with Crippen molar-refractivity contribution in [3.8, 4) is 11.5 Å². The molecule has 0 saturated heterocycles. The van der Waals surface area contributed by atoms with E-state index in [-0.39, 0.29) is 24.6 Å². The van der Waals surface area contributed by atoms with Crippen LogP contribution in [-0.4, -0.2) is 54.4 Å². The number of anilines is 1. The van der Waals surface area contributed by atoms with E-state index in [0.29, 0.717) is 30.7 Å². The van der Waals surface area contributed by atoms with E-state index < -0.39 is 23.0 Å². The number of hydrogen-bond acceptors (Lipinski definition) is 7. The number of carbonyl (C=O) groups is 3. The Balaban J connectivity index is 1.61. The SMILES string of the molecule is CCOC(=O)CNC(=O)c1ccc(C2=NC(C)(C)Cc3cc(OCC)c4c(c32)CC(C)(C)O4)cc1NC(=O)c1ccccc1. The predicted molar refractivity (Wildman–Crippen MR) is 169 cm³/mol. The van der Waals surface area contributed by atoms with Crippen LogP contribution in [0, 0.1) is 0 Å². The zero-order valence-corrected chi connectivity index (χ0v) is 26.1. The van der Waals surface area contributed by atoms with Gasteiger partial charge in [0.2, 0.25) is 0 Å². The Morgan fingerprint density at radius 3 is 2.39 bits per heavy atom. The van der Waals surface area contributed by atoms with Gasteiger partial charge >= 0.3 is 5.97 Å². The molecule has 0 saturated carbocycles. The van der Waals surface area contributed by atoms with E-state index in [1.807, 2.05) is 19.1 Å². The van der Waals surface area contributed by atoms with Gasteiger partial charge in [0.1, 0.15) is 12.1 Å². The number of ether oxygens (including phenoxy) is 3. The maximum Gasteiger partial charge on any atom is 0.325 e. The highest BCUT2D eigenvalue weighted by atomic mass is 16.5. The smallest absolute Gasteiger partial charge is 0.325 e. The molecule has 2 amide bonds. The van der Waals surface area contributed by atoms with Crippen LogP contribution in [0.25, 0.3) is 0 Å². The zero-order valence-electron chi connectivity index (χ0n) is 26.1. The molecule has 2 aliphatic rings. The van der Waals surface area contributed by atoms with Crippen LogP contribution in [0.15, 0.2) is 59.6 Å². The molecule has 9 heteroatoms. The number of hydrogen-bond donors (Lipinski definition) is 2. The number of amides is 2. The lowest BCUT2D eigenvalue weighted by Gasteiger charge is -2.31.